The zero-order valence-electron chi connectivity index (χ0n) is 11.4. The molecule has 2 aromatic carbocycles. The second kappa shape index (κ2) is 6.99. The summed E-state index contributed by atoms with van der Waals surface area (Å²) in [6.45, 7) is 0.111. The van der Waals surface area contributed by atoms with Crippen molar-refractivity contribution in [3.05, 3.63) is 59.4 Å². The van der Waals surface area contributed by atoms with Gasteiger partial charge < -0.3 is 15.7 Å². The van der Waals surface area contributed by atoms with E-state index in [4.69, 9.17) is 15.7 Å². The highest BCUT2D eigenvalue weighted by atomic mass is 32.2. The number of hydrogen-bond acceptors (Lipinski definition) is 4. The molecule has 2 rings (SSSR count). The largest absolute Gasteiger partial charge is 0.488 e. The lowest BCUT2D eigenvalue weighted by Crippen LogP contribution is -2.13. The van der Waals surface area contributed by atoms with Crippen molar-refractivity contribution in [2.45, 2.75) is 11.5 Å². The maximum absolute atomic E-state index is 14.0. The predicted molar refractivity (Wildman–Crippen MR) is 81.5 cm³/mol. The molecule has 0 unspecified atom stereocenters. The van der Waals surface area contributed by atoms with E-state index in [2.05, 4.69) is 5.16 Å². The Hall–Kier alpha value is -2.21. The van der Waals surface area contributed by atoms with Crippen molar-refractivity contribution in [3.8, 4) is 5.75 Å². The first-order valence-corrected chi connectivity index (χ1v) is 7.40. The fourth-order valence-electron chi connectivity index (χ4n) is 1.77. The molecule has 0 bridgehead atoms. The van der Waals surface area contributed by atoms with Gasteiger partial charge in [0.1, 0.15) is 18.2 Å². The summed E-state index contributed by atoms with van der Waals surface area (Å²) in [6.07, 6.45) is 1.95. The lowest BCUT2D eigenvalue weighted by molar-refractivity contribution is 0.293. The van der Waals surface area contributed by atoms with E-state index in [1.807, 2.05) is 30.5 Å². The number of halogens is 1. The third-order valence-corrected chi connectivity index (χ3v) is 3.69. The molecule has 0 saturated heterocycles. The van der Waals surface area contributed by atoms with E-state index < -0.39 is 5.82 Å². The molecular weight excluding hydrogens is 291 g/mol. The lowest BCUT2D eigenvalue weighted by Gasteiger charge is -2.11. The quantitative estimate of drug-likeness (QED) is 0.293. The average molecular weight is 306 g/mol. The predicted octanol–water partition coefficient (Wildman–Crippen LogP) is 3.22. The Balaban J connectivity index is 2.14. The number of hydrogen-bond donors (Lipinski definition) is 2. The van der Waals surface area contributed by atoms with Gasteiger partial charge >= 0.3 is 0 Å². The molecule has 21 heavy (non-hydrogen) atoms. The summed E-state index contributed by atoms with van der Waals surface area (Å²) in [7, 11) is 0. The Bertz CT molecular complexity index is 662. The minimum Gasteiger partial charge on any atom is -0.488 e. The van der Waals surface area contributed by atoms with E-state index in [1.165, 1.54) is 6.07 Å². The van der Waals surface area contributed by atoms with Crippen LogP contribution in [0.25, 0.3) is 0 Å². The van der Waals surface area contributed by atoms with Gasteiger partial charge in [-0.3, -0.25) is 0 Å². The first-order chi connectivity index (χ1) is 10.2. The normalized spacial score (nSPS) is 11.4. The molecule has 6 heteroatoms. The molecule has 0 heterocycles. The number of benzene rings is 2. The summed E-state index contributed by atoms with van der Waals surface area (Å²) >= 11 is 1.57. The van der Waals surface area contributed by atoms with E-state index in [1.54, 1.807) is 23.9 Å². The fourth-order valence-corrected chi connectivity index (χ4v) is 2.32. The molecule has 0 radical (unpaired) electrons. The van der Waals surface area contributed by atoms with Crippen molar-refractivity contribution >= 4 is 17.6 Å². The van der Waals surface area contributed by atoms with Crippen LogP contribution in [0.4, 0.5) is 4.39 Å². The van der Waals surface area contributed by atoms with Crippen molar-refractivity contribution in [1.29, 1.82) is 0 Å². The van der Waals surface area contributed by atoms with Crippen molar-refractivity contribution in [1.82, 2.24) is 0 Å². The average Bonchev–Trinajstić information content (AvgIpc) is 2.53. The second-order valence-corrected chi connectivity index (χ2v) is 5.08. The maximum Gasteiger partial charge on any atom is 0.170 e. The lowest BCUT2D eigenvalue weighted by atomic mass is 10.1. The van der Waals surface area contributed by atoms with Crippen LogP contribution >= 0.6 is 11.8 Å². The van der Waals surface area contributed by atoms with Crippen LogP contribution in [0.15, 0.2) is 52.5 Å². The molecule has 0 fully saturated rings. The summed E-state index contributed by atoms with van der Waals surface area (Å²) in [4.78, 5) is 0.992. The number of nitrogens with two attached hydrogens (primary N) is 1. The Labute approximate surface area is 126 Å². The maximum atomic E-state index is 14.0. The highest BCUT2D eigenvalue weighted by Crippen LogP contribution is 2.27. The molecular formula is C15H15FN2O2S. The van der Waals surface area contributed by atoms with E-state index in [9.17, 15) is 4.39 Å². The van der Waals surface area contributed by atoms with Crippen LogP contribution in [0.2, 0.25) is 0 Å². The standard InChI is InChI=1S/C15H15FN2O2S/c1-21-14-5-3-2-4-13(14)20-9-11-7-6-10(8-12(11)16)15(17)18-19/h2-8,19H,9H2,1H3,(H2,17,18). The molecule has 0 aromatic heterocycles. The Morgan fingerprint density at radius 2 is 2.10 bits per heavy atom. The number of oxime groups is 1. The van der Waals surface area contributed by atoms with Gasteiger partial charge in [0.15, 0.2) is 5.84 Å². The zero-order valence-corrected chi connectivity index (χ0v) is 12.2. The molecule has 3 N–H and O–H groups in total. The molecule has 2 aromatic rings. The van der Waals surface area contributed by atoms with Crippen LogP contribution in [0.3, 0.4) is 0 Å². The van der Waals surface area contributed by atoms with Crippen LogP contribution in [0.1, 0.15) is 11.1 Å². The summed E-state index contributed by atoms with van der Waals surface area (Å²) < 4.78 is 19.6. The molecule has 110 valence electrons. The van der Waals surface area contributed by atoms with E-state index >= 15 is 0 Å². The Morgan fingerprint density at radius 3 is 2.76 bits per heavy atom. The van der Waals surface area contributed by atoms with Crippen LogP contribution < -0.4 is 10.5 Å². The van der Waals surface area contributed by atoms with Crippen LogP contribution in [0.5, 0.6) is 5.75 Å². The van der Waals surface area contributed by atoms with Gasteiger partial charge in [0, 0.05) is 16.0 Å². The molecule has 0 saturated carbocycles. The highest BCUT2D eigenvalue weighted by molar-refractivity contribution is 7.98. The van der Waals surface area contributed by atoms with Gasteiger partial charge in [0.05, 0.1) is 0 Å². The molecule has 0 spiro atoms. The van der Waals surface area contributed by atoms with Crippen LogP contribution in [-0.2, 0) is 6.61 Å². The van der Waals surface area contributed by atoms with E-state index in [-0.39, 0.29) is 12.4 Å². The molecule has 0 aliphatic carbocycles. The van der Waals surface area contributed by atoms with Gasteiger partial charge in [-0.25, -0.2) is 4.39 Å². The molecule has 0 amide bonds. The van der Waals surface area contributed by atoms with E-state index in [0.717, 1.165) is 4.90 Å². The summed E-state index contributed by atoms with van der Waals surface area (Å²) in [5.41, 5.74) is 6.14. The number of rotatable bonds is 5. The highest BCUT2D eigenvalue weighted by Gasteiger charge is 2.08. The third kappa shape index (κ3) is 3.66. The molecule has 0 aliphatic rings. The van der Waals surface area contributed by atoms with Gasteiger partial charge in [-0.15, -0.1) is 11.8 Å². The van der Waals surface area contributed by atoms with Gasteiger partial charge in [0.2, 0.25) is 0 Å². The van der Waals surface area contributed by atoms with Crippen molar-refractivity contribution in [3.63, 3.8) is 0 Å². The topological polar surface area (TPSA) is 67.8 Å². The smallest absolute Gasteiger partial charge is 0.170 e. The second-order valence-electron chi connectivity index (χ2n) is 4.23. The van der Waals surface area contributed by atoms with Gasteiger partial charge in [-0.2, -0.15) is 0 Å². The fraction of sp³-hybridized carbons (Fsp3) is 0.133. The minimum atomic E-state index is -0.458. The Kier molecular flexibility index (Phi) is 5.05. The zero-order chi connectivity index (χ0) is 15.2. The van der Waals surface area contributed by atoms with Crippen molar-refractivity contribution < 1.29 is 14.3 Å². The number of nitrogens with zero attached hydrogens (tertiary/aromatic N) is 1. The molecule has 0 atom stereocenters. The van der Waals surface area contributed by atoms with Crippen LogP contribution in [-0.4, -0.2) is 17.3 Å². The van der Waals surface area contributed by atoms with Crippen molar-refractivity contribution in [2.75, 3.05) is 6.26 Å². The van der Waals surface area contributed by atoms with Crippen molar-refractivity contribution in [2.24, 2.45) is 10.9 Å². The number of para-hydroxylation sites is 1. The first-order valence-electron chi connectivity index (χ1n) is 6.18. The van der Waals surface area contributed by atoms with Gasteiger partial charge in [-0.1, -0.05) is 29.4 Å². The SMILES string of the molecule is CSc1ccccc1OCc1ccc(C(N)=NO)cc1F. The van der Waals surface area contributed by atoms with Gasteiger partial charge in [-0.05, 0) is 24.5 Å². The van der Waals surface area contributed by atoms with E-state index in [0.29, 0.717) is 16.9 Å². The molecule has 4 nitrogen and oxygen atoms in total. The summed E-state index contributed by atoms with van der Waals surface area (Å²) in [5.74, 6) is 0.125. The summed E-state index contributed by atoms with van der Waals surface area (Å²) in [6, 6.07) is 11.9. The number of thioether (sulfide) groups is 1. The minimum absolute atomic E-state index is 0.111. The third-order valence-electron chi connectivity index (χ3n) is 2.91. The van der Waals surface area contributed by atoms with Gasteiger partial charge in [0.25, 0.3) is 0 Å². The number of amidine groups is 1. The summed E-state index contributed by atoms with van der Waals surface area (Å²) in [5, 5.41) is 11.4. The number of ether oxygens (including phenoxy) is 1. The molecule has 0 aliphatic heterocycles. The monoisotopic (exact) mass is 306 g/mol. The van der Waals surface area contributed by atoms with Crippen LogP contribution in [0, 0.1) is 5.82 Å². The Morgan fingerprint density at radius 1 is 1.33 bits per heavy atom. The first kappa shape index (κ1) is 15.2.